The van der Waals surface area contributed by atoms with Crippen molar-refractivity contribution in [3.63, 3.8) is 0 Å². The molecule has 0 radical (unpaired) electrons. The molecule has 0 aliphatic heterocycles. The molecule has 0 atom stereocenters. The van der Waals surface area contributed by atoms with Gasteiger partial charge in [-0.05, 0) is 29.8 Å². The van der Waals surface area contributed by atoms with E-state index in [0.29, 0.717) is 12.1 Å². The number of imidazole rings is 1. The largest absolute Gasteiger partial charge is 0.416 e. The zero-order chi connectivity index (χ0) is 16.4. The second kappa shape index (κ2) is 6.20. The maximum Gasteiger partial charge on any atom is 0.416 e. The molecule has 0 amide bonds. The molecule has 1 heterocycles. The Morgan fingerprint density at radius 2 is 1.78 bits per heavy atom. The molecule has 0 fully saturated rings. The molecule has 0 spiro atoms. The van der Waals surface area contributed by atoms with Crippen molar-refractivity contribution < 1.29 is 13.2 Å². The van der Waals surface area contributed by atoms with Crippen LogP contribution in [0.15, 0.2) is 65.4 Å². The van der Waals surface area contributed by atoms with Crippen LogP contribution in [0.5, 0.6) is 0 Å². The van der Waals surface area contributed by atoms with Gasteiger partial charge in [-0.2, -0.15) is 13.2 Å². The molecular weight excluding hydrogens is 369 g/mol. The first-order valence-corrected chi connectivity index (χ1v) is 7.66. The lowest BCUT2D eigenvalue weighted by atomic mass is 10.1. The lowest BCUT2D eigenvalue weighted by Crippen LogP contribution is -2.07. The van der Waals surface area contributed by atoms with Gasteiger partial charge in [0.1, 0.15) is 5.82 Å². The molecule has 23 heavy (non-hydrogen) atoms. The lowest BCUT2D eigenvalue weighted by molar-refractivity contribution is -0.137. The van der Waals surface area contributed by atoms with Crippen LogP contribution in [0, 0.1) is 0 Å². The molecule has 3 aromatic rings. The monoisotopic (exact) mass is 380 g/mol. The quantitative estimate of drug-likeness (QED) is 0.596. The minimum atomic E-state index is -4.33. The lowest BCUT2D eigenvalue weighted by Gasteiger charge is -2.11. The Balaban J connectivity index is 1.90. The van der Waals surface area contributed by atoms with Gasteiger partial charge in [0.2, 0.25) is 0 Å². The minimum absolute atomic E-state index is 0.329. The van der Waals surface area contributed by atoms with E-state index >= 15 is 0 Å². The molecule has 0 unspecified atom stereocenters. The summed E-state index contributed by atoms with van der Waals surface area (Å²) in [5, 5.41) is 0. The Labute approximate surface area is 139 Å². The molecule has 2 aromatic carbocycles. The Bertz CT molecular complexity index is 807. The number of nitrogens with zero attached hydrogens (tertiary/aromatic N) is 2. The number of benzene rings is 2. The highest BCUT2D eigenvalue weighted by Crippen LogP contribution is 2.30. The highest BCUT2D eigenvalue weighted by molar-refractivity contribution is 9.10. The van der Waals surface area contributed by atoms with Crippen LogP contribution in [0.4, 0.5) is 13.2 Å². The van der Waals surface area contributed by atoms with E-state index in [1.165, 1.54) is 12.1 Å². The maximum atomic E-state index is 12.8. The van der Waals surface area contributed by atoms with Crippen molar-refractivity contribution in [2.24, 2.45) is 0 Å². The molecular formula is C17H12BrF3N2. The molecule has 0 bridgehead atoms. The van der Waals surface area contributed by atoms with Crippen LogP contribution in [-0.4, -0.2) is 9.55 Å². The Morgan fingerprint density at radius 3 is 2.48 bits per heavy atom. The van der Waals surface area contributed by atoms with Gasteiger partial charge < -0.3 is 4.57 Å². The van der Waals surface area contributed by atoms with Crippen LogP contribution in [0.1, 0.15) is 11.1 Å². The smallest absolute Gasteiger partial charge is 0.327 e. The fourth-order valence-corrected chi connectivity index (χ4v) is 2.60. The Morgan fingerprint density at radius 1 is 1.04 bits per heavy atom. The molecule has 0 aliphatic carbocycles. The van der Waals surface area contributed by atoms with Gasteiger partial charge in [-0.3, -0.25) is 0 Å². The van der Waals surface area contributed by atoms with Crippen LogP contribution in [0.2, 0.25) is 0 Å². The summed E-state index contributed by atoms with van der Waals surface area (Å²) in [7, 11) is 0. The minimum Gasteiger partial charge on any atom is -0.327 e. The predicted octanol–water partition coefficient (Wildman–Crippen LogP) is 5.38. The van der Waals surface area contributed by atoms with Gasteiger partial charge in [-0.25, -0.2) is 4.98 Å². The summed E-state index contributed by atoms with van der Waals surface area (Å²) >= 11 is 3.37. The van der Waals surface area contributed by atoms with Gasteiger partial charge >= 0.3 is 6.18 Å². The summed E-state index contributed by atoms with van der Waals surface area (Å²) < 4.78 is 41.2. The first-order chi connectivity index (χ1) is 10.9. The summed E-state index contributed by atoms with van der Waals surface area (Å²) in [6, 6.07) is 13.0. The van der Waals surface area contributed by atoms with Gasteiger partial charge in [0.05, 0.1) is 5.56 Å². The van der Waals surface area contributed by atoms with Gasteiger partial charge in [-0.1, -0.05) is 40.2 Å². The average molecular weight is 381 g/mol. The van der Waals surface area contributed by atoms with E-state index in [1.54, 1.807) is 18.5 Å². The third-order valence-corrected chi connectivity index (χ3v) is 3.95. The fourth-order valence-electron chi connectivity index (χ4n) is 2.34. The molecule has 3 rings (SSSR count). The first-order valence-electron chi connectivity index (χ1n) is 6.87. The summed E-state index contributed by atoms with van der Waals surface area (Å²) in [5.74, 6) is 0.718. The van der Waals surface area contributed by atoms with Gasteiger partial charge in [0.15, 0.2) is 0 Å². The topological polar surface area (TPSA) is 17.8 Å². The maximum absolute atomic E-state index is 12.8. The van der Waals surface area contributed by atoms with E-state index in [1.807, 2.05) is 28.8 Å². The molecule has 118 valence electrons. The SMILES string of the molecule is FC(F)(F)c1cccc(Cn2ccnc2-c2ccc(Br)cc2)c1. The first kappa shape index (κ1) is 15.8. The summed E-state index contributed by atoms with van der Waals surface area (Å²) in [4.78, 5) is 4.31. The van der Waals surface area contributed by atoms with Gasteiger partial charge in [0, 0.05) is 29.0 Å². The number of hydrogen-bond donors (Lipinski definition) is 0. The van der Waals surface area contributed by atoms with E-state index in [4.69, 9.17) is 0 Å². The summed E-state index contributed by atoms with van der Waals surface area (Å²) in [5.41, 5.74) is 0.849. The average Bonchev–Trinajstić information content (AvgIpc) is 2.95. The van der Waals surface area contributed by atoms with Crippen molar-refractivity contribution in [2.75, 3.05) is 0 Å². The molecule has 0 N–H and O–H groups in total. The second-order valence-corrected chi connectivity index (χ2v) is 6.00. The van der Waals surface area contributed by atoms with Crippen molar-refractivity contribution >= 4 is 15.9 Å². The van der Waals surface area contributed by atoms with Crippen LogP contribution < -0.4 is 0 Å². The second-order valence-electron chi connectivity index (χ2n) is 5.08. The number of hydrogen-bond acceptors (Lipinski definition) is 1. The third-order valence-electron chi connectivity index (χ3n) is 3.43. The number of rotatable bonds is 3. The van der Waals surface area contributed by atoms with E-state index < -0.39 is 11.7 Å². The molecule has 0 aliphatic rings. The third kappa shape index (κ3) is 3.64. The molecule has 6 heteroatoms. The highest BCUT2D eigenvalue weighted by Gasteiger charge is 2.30. The van der Waals surface area contributed by atoms with Crippen LogP contribution >= 0.6 is 15.9 Å². The number of halogens is 4. The Kier molecular flexibility index (Phi) is 4.26. The van der Waals surface area contributed by atoms with Gasteiger partial charge in [0.25, 0.3) is 0 Å². The normalized spacial score (nSPS) is 11.7. The van der Waals surface area contributed by atoms with Crippen LogP contribution in [0.3, 0.4) is 0 Å². The van der Waals surface area contributed by atoms with Gasteiger partial charge in [-0.15, -0.1) is 0 Å². The van der Waals surface area contributed by atoms with E-state index in [2.05, 4.69) is 20.9 Å². The highest BCUT2D eigenvalue weighted by atomic mass is 79.9. The fraction of sp³-hybridized carbons (Fsp3) is 0.118. The molecule has 0 saturated heterocycles. The molecule has 1 aromatic heterocycles. The number of aromatic nitrogens is 2. The van der Waals surface area contributed by atoms with E-state index in [-0.39, 0.29) is 0 Å². The Hall–Kier alpha value is -2.08. The van der Waals surface area contributed by atoms with Crippen molar-refractivity contribution in [2.45, 2.75) is 12.7 Å². The predicted molar refractivity (Wildman–Crippen MR) is 85.9 cm³/mol. The van der Waals surface area contributed by atoms with Crippen molar-refractivity contribution in [1.29, 1.82) is 0 Å². The summed E-state index contributed by atoms with van der Waals surface area (Å²) in [6.45, 7) is 0.329. The zero-order valence-corrected chi connectivity index (χ0v) is 13.5. The molecule has 2 nitrogen and oxygen atoms in total. The van der Waals surface area contributed by atoms with Crippen LogP contribution in [-0.2, 0) is 12.7 Å². The number of alkyl halides is 3. The van der Waals surface area contributed by atoms with E-state index in [9.17, 15) is 13.2 Å². The van der Waals surface area contributed by atoms with E-state index in [0.717, 1.165) is 21.9 Å². The van der Waals surface area contributed by atoms with Crippen molar-refractivity contribution in [3.05, 3.63) is 76.5 Å². The van der Waals surface area contributed by atoms with Crippen molar-refractivity contribution in [1.82, 2.24) is 9.55 Å². The molecule has 0 saturated carbocycles. The zero-order valence-electron chi connectivity index (χ0n) is 11.9. The summed E-state index contributed by atoms with van der Waals surface area (Å²) in [6.07, 6.45) is -0.928. The van der Waals surface area contributed by atoms with Crippen molar-refractivity contribution in [3.8, 4) is 11.4 Å². The standard InChI is InChI=1S/C17H12BrF3N2/c18-15-6-4-13(5-7-15)16-22-8-9-23(16)11-12-2-1-3-14(10-12)17(19,20)21/h1-10H,11H2. The van der Waals surface area contributed by atoms with Crippen LogP contribution in [0.25, 0.3) is 11.4 Å².